The highest BCUT2D eigenvalue weighted by molar-refractivity contribution is 14.1. The molecule has 0 aliphatic heterocycles. The van der Waals surface area contributed by atoms with Crippen molar-refractivity contribution in [2.45, 2.75) is 116 Å². The molecule has 10 nitrogen and oxygen atoms in total. The van der Waals surface area contributed by atoms with Crippen LogP contribution in [0.3, 0.4) is 0 Å². The van der Waals surface area contributed by atoms with Gasteiger partial charge in [0, 0.05) is 22.9 Å². The highest BCUT2D eigenvalue weighted by Crippen LogP contribution is 2.41. The van der Waals surface area contributed by atoms with Crippen LogP contribution in [0.5, 0.6) is 0 Å². The van der Waals surface area contributed by atoms with E-state index in [4.69, 9.17) is 0 Å². The van der Waals surface area contributed by atoms with Crippen LogP contribution in [-0.2, 0) is 0 Å². The molecule has 0 unspecified atom stereocenters. The van der Waals surface area contributed by atoms with Crippen LogP contribution in [0.25, 0.3) is 33.4 Å². The van der Waals surface area contributed by atoms with Gasteiger partial charge in [-0.15, -0.1) is 0 Å². The Bertz CT molecular complexity index is 2060. The van der Waals surface area contributed by atoms with E-state index < -0.39 is 11.2 Å². The van der Waals surface area contributed by atoms with Crippen LogP contribution in [0.1, 0.15) is 111 Å². The van der Waals surface area contributed by atoms with Gasteiger partial charge in [-0.25, -0.2) is 29.3 Å². The third-order valence-corrected chi connectivity index (χ3v) is 12.0. The molecule has 0 atom stereocenters. The molecule has 0 spiro atoms. The van der Waals surface area contributed by atoms with Crippen LogP contribution < -0.4 is 0 Å². The van der Waals surface area contributed by atoms with Crippen molar-refractivity contribution in [1.82, 2.24) is 39.5 Å². The van der Waals surface area contributed by atoms with Crippen molar-refractivity contribution < 1.29 is 10.2 Å². The van der Waals surface area contributed by atoms with Gasteiger partial charge in [-0.3, -0.25) is 0 Å². The van der Waals surface area contributed by atoms with Crippen LogP contribution in [0.15, 0.2) is 48.8 Å². The average Bonchev–Trinajstić information content (AvgIpc) is 3.67. The van der Waals surface area contributed by atoms with Gasteiger partial charge in [0.25, 0.3) is 0 Å². The number of aliphatic hydroxyl groups is 2. The van der Waals surface area contributed by atoms with E-state index in [1.165, 1.54) is 22.3 Å². The van der Waals surface area contributed by atoms with Crippen LogP contribution >= 0.6 is 45.2 Å². The molecular formula is C40H46I2N8O2. The smallest absolute Gasteiger partial charge is 0.158 e. The normalized spacial score (nSPS) is 23.5. The van der Waals surface area contributed by atoms with E-state index >= 15 is 0 Å². The molecule has 0 amide bonds. The molecule has 2 N–H and O–H groups in total. The van der Waals surface area contributed by atoms with Crippen molar-refractivity contribution in [3.8, 4) is 11.6 Å². The zero-order valence-electron chi connectivity index (χ0n) is 30.7. The van der Waals surface area contributed by atoms with E-state index in [1.807, 2.05) is 61.6 Å². The molecule has 2 aliphatic carbocycles. The summed E-state index contributed by atoms with van der Waals surface area (Å²) in [6.45, 7) is 12.1. The zero-order valence-corrected chi connectivity index (χ0v) is 35.0. The lowest BCUT2D eigenvalue weighted by atomic mass is 9.76. The summed E-state index contributed by atoms with van der Waals surface area (Å²) in [4.78, 5) is 17.8. The van der Waals surface area contributed by atoms with Crippen molar-refractivity contribution in [2.24, 2.45) is 0 Å². The van der Waals surface area contributed by atoms with Gasteiger partial charge < -0.3 is 10.2 Å². The van der Waals surface area contributed by atoms with Crippen molar-refractivity contribution in [1.29, 1.82) is 0 Å². The second-order valence-corrected chi connectivity index (χ2v) is 17.6. The van der Waals surface area contributed by atoms with Crippen LogP contribution in [0.4, 0.5) is 0 Å². The lowest BCUT2D eigenvalue weighted by molar-refractivity contribution is 0.0167. The van der Waals surface area contributed by atoms with Gasteiger partial charge in [-0.2, -0.15) is 10.2 Å². The van der Waals surface area contributed by atoms with Gasteiger partial charge in [-0.05, 0) is 196 Å². The number of nitrogens with zero attached hydrogens (tertiary/aromatic N) is 8. The minimum absolute atomic E-state index is 0.496. The van der Waals surface area contributed by atoms with Crippen LogP contribution in [0.2, 0.25) is 0 Å². The van der Waals surface area contributed by atoms with Gasteiger partial charge in [0.15, 0.2) is 11.6 Å². The fourth-order valence-corrected chi connectivity index (χ4v) is 9.26. The summed E-state index contributed by atoms with van der Waals surface area (Å²) in [5.74, 6) is 4.09. The summed E-state index contributed by atoms with van der Waals surface area (Å²) in [5.41, 5.74) is 6.49. The molecule has 0 bridgehead atoms. The molecule has 4 aromatic heterocycles. The largest absolute Gasteiger partial charge is 0.390 e. The Balaban J connectivity index is 0.000000162. The fraction of sp³-hybridized carbons (Fsp3) is 0.450. The van der Waals surface area contributed by atoms with Crippen molar-refractivity contribution in [3.05, 3.63) is 90.1 Å². The van der Waals surface area contributed by atoms with Crippen LogP contribution in [-0.4, -0.2) is 60.9 Å². The molecule has 2 saturated carbocycles. The maximum absolute atomic E-state index is 10.3. The summed E-state index contributed by atoms with van der Waals surface area (Å²) in [7, 11) is 0. The average molecular weight is 925 g/mol. The van der Waals surface area contributed by atoms with E-state index in [9.17, 15) is 10.2 Å². The van der Waals surface area contributed by atoms with Crippen molar-refractivity contribution in [3.63, 3.8) is 0 Å². The third kappa shape index (κ3) is 8.04. The first-order valence-electron chi connectivity index (χ1n) is 18.1. The van der Waals surface area contributed by atoms with E-state index in [0.717, 1.165) is 104 Å². The Kier molecular flexibility index (Phi) is 10.5. The molecule has 2 fully saturated rings. The molecule has 6 aromatic rings. The Hall–Kier alpha value is -3.08. The first-order valence-corrected chi connectivity index (χ1v) is 20.2. The number of benzene rings is 2. The zero-order chi connectivity index (χ0) is 36.9. The molecule has 272 valence electrons. The van der Waals surface area contributed by atoms with E-state index in [2.05, 4.69) is 113 Å². The Morgan fingerprint density at radius 3 is 1.29 bits per heavy atom. The minimum Gasteiger partial charge on any atom is -0.390 e. The Morgan fingerprint density at radius 1 is 0.577 bits per heavy atom. The number of fused-ring (bicyclic) bond motifs is 2. The molecule has 8 rings (SSSR count). The standard InChI is InChI=1S/2C20H23IN4O/c2*1-12-8-15-11-22-25(19-10-18(21)23-13(2)24-19)17(15)9-16(12)14-4-6-20(3,26)7-5-14/h2*8-11,14,26H,4-7H2,1-3H3. The maximum Gasteiger partial charge on any atom is 0.158 e. The highest BCUT2D eigenvalue weighted by Gasteiger charge is 2.31. The van der Waals surface area contributed by atoms with E-state index in [1.54, 1.807) is 0 Å². The SMILES string of the molecule is Cc1nc(I)cc(-n2ncc3cc(C)c(C4CCC(C)(O)CC4)cc32)n1.Cc1nc(I)cc(-n2ncc3cc(C)c(C4CCC(C)(O)CC4)cc32)n1. The minimum atomic E-state index is -0.508. The fourth-order valence-electron chi connectivity index (χ4n) is 8.00. The molecule has 0 radical (unpaired) electrons. The van der Waals surface area contributed by atoms with Gasteiger partial charge >= 0.3 is 0 Å². The second kappa shape index (κ2) is 14.6. The molecular weight excluding hydrogens is 878 g/mol. The first-order chi connectivity index (χ1) is 24.6. The lowest BCUT2D eigenvalue weighted by Gasteiger charge is -2.34. The topological polar surface area (TPSA) is 128 Å². The summed E-state index contributed by atoms with van der Waals surface area (Å²) >= 11 is 4.43. The number of hydrogen-bond donors (Lipinski definition) is 2. The summed E-state index contributed by atoms with van der Waals surface area (Å²) in [5, 5.41) is 31.9. The quantitative estimate of drug-likeness (QED) is 0.133. The Labute approximate surface area is 332 Å². The lowest BCUT2D eigenvalue weighted by Crippen LogP contribution is -2.29. The predicted octanol–water partition coefficient (Wildman–Crippen LogP) is 8.89. The maximum atomic E-state index is 10.3. The number of halogens is 2. The van der Waals surface area contributed by atoms with Crippen molar-refractivity contribution >= 4 is 67.0 Å². The van der Waals surface area contributed by atoms with Gasteiger partial charge in [0.1, 0.15) is 19.1 Å². The number of rotatable bonds is 4. The number of hydrogen-bond acceptors (Lipinski definition) is 8. The molecule has 2 aliphatic rings. The molecule has 0 saturated heterocycles. The molecule has 12 heteroatoms. The van der Waals surface area contributed by atoms with Crippen molar-refractivity contribution in [2.75, 3.05) is 0 Å². The van der Waals surface area contributed by atoms with Crippen LogP contribution in [0, 0.1) is 35.1 Å². The predicted molar refractivity (Wildman–Crippen MR) is 221 cm³/mol. The monoisotopic (exact) mass is 924 g/mol. The first kappa shape index (κ1) is 37.2. The third-order valence-electron chi connectivity index (χ3n) is 10.9. The second-order valence-electron chi connectivity index (χ2n) is 15.4. The van der Waals surface area contributed by atoms with E-state index in [0.29, 0.717) is 11.8 Å². The summed E-state index contributed by atoms with van der Waals surface area (Å²) in [6.07, 6.45) is 11.3. The number of aryl methyl sites for hydroxylation is 4. The highest BCUT2D eigenvalue weighted by atomic mass is 127. The molecule has 52 heavy (non-hydrogen) atoms. The summed E-state index contributed by atoms with van der Waals surface area (Å²) in [6, 6.07) is 12.9. The molecule has 4 heterocycles. The molecule has 2 aromatic carbocycles. The van der Waals surface area contributed by atoms with Gasteiger partial charge in [0.05, 0.1) is 34.6 Å². The number of aromatic nitrogens is 8. The summed E-state index contributed by atoms with van der Waals surface area (Å²) < 4.78 is 5.65. The van der Waals surface area contributed by atoms with Gasteiger partial charge in [-0.1, -0.05) is 0 Å². The Morgan fingerprint density at radius 2 is 0.942 bits per heavy atom. The van der Waals surface area contributed by atoms with Gasteiger partial charge in [0.2, 0.25) is 0 Å². The van der Waals surface area contributed by atoms with E-state index in [-0.39, 0.29) is 0 Å².